The molecule has 7 rings (SSSR count). The number of pyridine rings is 2. The van der Waals surface area contributed by atoms with Crippen molar-refractivity contribution in [3.63, 3.8) is 0 Å². The Labute approximate surface area is 211 Å². The molecule has 0 N–H and O–H groups in total. The molecule has 0 spiro atoms. The van der Waals surface area contributed by atoms with Crippen molar-refractivity contribution in [1.29, 1.82) is 0 Å². The minimum Gasteiger partial charge on any atom is -0.301 e. The van der Waals surface area contributed by atoms with Crippen LogP contribution in [0.25, 0.3) is 44.7 Å². The first-order valence-electron chi connectivity index (χ1n) is 12.7. The van der Waals surface area contributed by atoms with Gasteiger partial charge in [-0.3, -0.25) is 4.98 Å². The molecule has 174 valence electrons. The summed E-state index contributed by atoms with van der Waals surface area (Å²) in [7, 11) is 0. The topological polar surface area (TPSA) is 30.7 Å². The standard InChI is InChI=1S/C33H27N3/c1-33(2)28-13-5-3-10-23(28)26-20-22-16-19-36(31(22)21-27(26)24-11-4-6-14-29(24)33)32-25(12-9-18-35-32)30-15-7-8-17-34-30/h4-9,11-21H,3,10H2,1-2H3. The van der Waals surface area contributed by atoms with E-state index in [1.807, 2.05) is 36.7 Å². The molecule has 0 fully saturated rings. The first-order chi connectivity index (χ1) is 17.6. The van der Waals surface area contributed by atoms with Gasteiger partial charge in [0, 0.05) is 35.0 Å². The number of hydrogen-bond donors (Lipinski definition) is 0. The molecule has 5 aromatic rings. The largest absolute Gasteiger partial charge is 0.301 e. The van der Waals surface area contributed by atoms with Crippen molar-refractivity contribution in [3.05, 3.63) is 120 Å². The lowest BCUT2D eigenvalue weighted by Crippen LogP contribution is -2.21. The van der Waals surface area contributed by atoms with E-state index in [1.165, 1.54) is 38.8 Å². The Hall–Kier alpha value is -4.24. The highest BCUT2D eigenvalue weighted by atomic mass is 15.1. The number of aromatic nitrogens is 3. The molecule has 3 heteroatoms. The average molecular weight is 466 g/mol. The van der Waals surface area contributed by atoms with Crippen molar-refractivity contribution >= 4 is 16.5 Å². The van der Waals surface area contributed by atoms with Gasteiger partial charge in [0.05, 0.1) is 11.2 Å². The first kappa shape index (κ1) is 21.1. The lowest BCUT2D eigenvalue weighted by Gasteiger charge is -2.30. The van der Waals surface area contributed by atoms with E-state index in [1.54, 1.807) is 0 Å². The lowest BCUT2D eigenvalue weighted by atomic mass is 9.73. The molecule has 0 aliphatic heterocycles. The van der Waals surface area contributed by atoms with E-state index in [4.69, 9.17) is 4.98 Å². The number of allylic oxidation sites excluding steroid dienone is 4. The van der Waals surface area contributed by atoms with Crippen molar-refractivity contribution in [2.24, 2.45) is 0 Å². The summed E-state index contributed by atoms with van der Waals surface area (Å²) in [5.41, 5.74) is 11.3. The van der Waals surface area contributed by atoms with Gasteiger partial charge < -0.3 is 4.57 Å². The zero-order chi connectivity index (χ0) is 24.3. The van der Waals surface area contributed by atoms with E-state index in [0.717, 1.165) is 35.4 Å². The van der Waals surface area contributed by atoms with Crippen LogP contribution >= 0.6 is 0 Å². The molecule has 0 unspecified atom stereocenters. The monoisotopic (exact) mass is 465 g/mol. The van der Waals surface area contributed by atoms with Crippen molar-refractivity contribution in [2.75, 3.05) is 0 Å². The second-order valence-electron chi connectivity index (χ2n) is 10.2. The SMILES string of the molecule is CC1(C)C2=C(CCC=C2)c2cc3ccn(-c4ncccc4-c4ccccn4)c3cc2-c2ccccc21. The van der Waals surface area contributed by atoms with Crippen LogP contribution in [0.2, 0.25) is 0 Å². The Kier molecular flexibility index (Phi) is 4.62. The maximum Gasteiger partial charge on any atom is 0.146 e. The Balaban J connectivity index is 1.53. The highest BCUT2D eigenvalue weighted by Crippen LogP contribution is 2.50. The smallest absolute Gasteiger partial charge is 0.146 e. The molecule has 0 amide bonds. The fourth-order valence-electron chi connectivity index (χ4n) is 6.09. The molecule has 2 aliphatic rings. The predicted molar refractivity (Wildman–Crippen MR) is 148 cm³/mol. The van der Waals surface area contributed by atoms with Crippen LogP contribution in [0.5, 0.6) is 0 Å². The molecule has 3 nitrogen and oxygen atoms in total. The molecular formula is C33H27N3. The van der Waals surface area contributed by atoms with Crippen LogP contribution in [-0.4, -0.2) is 14.5 Å². The normalized spacial score (nSPS) is 15.8. The minimum atomic E-state index is -0.0605. The molecule has 3 aromatic heterocycles. The Morgan fingerprint density at radius 2 is 1.61 bits per heavy atom. The lowest BCUT2D eigenvalue weighted by molar-refractivity contribution is 0.639. The third kappa shape index (κ3) is 3.06. The molecule has 0 saturated carbocycles. The molecule has 3 heterocycles. The van der Waals surface area contributed by atoms with E-state index in [2.05, 4.69) is 90.3 Å². The van der Waals surface area contributed by atoms with Crippen molar-refractivity contribution in [3.8, 4) is 28.2 Å². The number of benzene rings is 2. The maximum absolute atomic E-state index is 4.82. The van der Waals surface area contributed by atoms with Gasteiger partial charge in [0.25, 0.3) is 0 Å². The van der Waals surface area contributed by atoms with Crippen LogP contribution < -0.4 is 0 Å². The molecule has 2 aromatic carbocycles. The van der Waals surface area contributed by atoms with Crippen LogP contribution in [0.4, 0.5) is 0 Å². The summed E-state index contributed by atoms with van der Waals surface area (Å²) in [6.45, 7) is 4.74. The third-order valence-electron chi connectivity index (χ3n) is 7.84. The van der Waals surface area contributed by atoms with Crippen molar-refractivity contribution in [2.45, 2.75) is 32.1 Å². The van der Waals surface area contributed by atoms with Gasteiger partial charge in [-0.25, -0.2) is 4.98 Å². The van der Waals surface area contributed by atoms with E-state index in [9.17, 15) is 0 Å². The summed E-state index contributed by atoms with van der Waals surface area (Å²) in [5, 5.41) is 1.23. The second-order valence-corrected chi connectivity index (χ2v) is 10.2. The zero-order valence-corrected chi connectivity index (χ0v) is 20.6. The Morgan fingerprint density at radius 1 is 0.778 bits per heavy atom. The highest BCUT2D eigenvalue weighted by molar-refractivity contribution is 5.98. The number of rotatable bonds is 2. The van der Waals surface area contributed by atoms with Gasteiger partial charge >= 0.3 is 0 Å². The van der Waals surface area contributed by atoms with Gasteiger partial charge in [-0.1, -0.05) is 56.3 Å². The Morgan fingerprint density at radius 3 is 2.50 bits per heavy atom. The summed E-state index contributed by atoms with van der Waals surface area (Å²) in [6, 6.07) is 26.0. The minimum absolute atomic E-state index is 0.0605. The summed E-state index contributed by atoms with van der Waals surface area (Å²) >= 11 is 0. The van der Waals surface area contributed by atoms with Crippen molar-refractivity contribution < 1.29 is 0 Å². The fourth-order valence-corrected chi connectivity index (χ4v) is 6.09. The van der Waals surface area contributed by atoms with E-state index in [0.29, 0.717) is 0 Å². The first-order valence-corrected chi connectivity index (χ1v) is 12.7. The molecule has 0 atom stereocenters. The predicted octanol–water partition coefficient (Wildman–Crippen LogP) is 8.15. The molecule has 36 heavy (non-hydrogen) atoms. The third-order valence-corrected chi connectivity index (χ3v) is 7.84. The van der Waals surface area contributed by atoms with Crippen LogP contribution in [0.1, 0.15) is 37.8 Å². The van der Waals surface area contributed by atoms with Crippen LogP contribution in [-0.2, 0) is 5.41 Å². The fraction of sp³-hybridized carbons (Fsp3) is 0.152. The maximum atomic E-state index is 4.82. The van der Waals surface area contributed by atoms with Gasteiger partial charge in [0.1, 0.15) is 5.82 Å². The zero-order valence-electron chi connectivity index (χ0n) is 20.6. The molecular weight excluding hydrogens is 438 g/mol. The van der Waals surface area contributed by atoms with Crippen molar-refractivity contribution in [1.82, 2.24) is 14.5 Å². The number of nitrogens with zero attached hydrogens (tertiary/aromatic N) is 3. The average Bonchev–Trinajstić information content (AvgIpc) is 3.32. The molecule has 0 bridgehead atoms. The van der Waals surface area contributed by atoms with E-state index in [-0.39, 0.29) is 5.41 Å². The number of fused-ring (bicyclic) bond motifs is 5. The summed E-state index contributed by atoms with van der Waals surface area (Å²) in [5.74, 6) is 0.897. The van der Waals surface area contributed by atoms with Crippen LogP contribution in [0, 0.1) is 0 Å². The molecule has 0 saturated heterocycles. The second kappa shape index (κ2) is 7.89. The van der Waals surface area contributed by atoms with Crippen LogP contribution in [0.15, 0.2) is 109 Å². The Bertz CT molecular complexity index is 1700. The van der Waals surface area contributed by atoms with Gasteiger partial charge in [0.2, 0.25) is 0 Å². The van der Waals surface area contributed by atoms with Gasteiger partial charge in [0.15, 0.2) is 0 Å². The summed E-state index contributed by atoms with van der Waals surface area (Å²) < 4.78 is 2.22. The summed E-state index contributed by atoms with van der Waals surface area (Å²) in [6.07, 6.45) is 12.7. The van der Waals surface area contributed by atoms with Gasteiger partial charge in [-0.05, 0) is 88.7 Å². The van der Waals surface area contributed by atoms with Crippen LogP contribution in [0.3, 0.4) is 0 Å². The number of hydrogen-bond acceptors (Lipinski definition) is 2. The van der Waals surface area contributed by atoms with Gasteiger partial charge in [-0.15, -0.1) is 0 Å². The van der Waals surface area contributed by atoms with E-state index >= 15 is 0 Å². The quantitative estimate of drug-likeness (QED) is 0.263. The molecule has 2 aliphatic carbocycles. The molecule has 0 radical (unpaired) electrons. The van der Waals surface area contributed by atoms with Gasteiger partial charge in [-0.2, -0.15) is 0 Å². The summed E-state index contributed by atoms with van der Waals surface area (Å²) in [4.78, 5) is 9.42. The van der Waals surface area contributed by atoms with E-state index < -0.39 is 0 Å². The highest BCUT2D eigenvalue weighted by Gasteiger charge is 2.34.